The molecule has 2 aromatic rings. The van der Waals surface area contributed by atoms with Gasteiger partial charge in [0.1, 0.15) is 12.1 Å². The Labute approximate surface area is 134 Å². The second-order valence-corrected chi connectivity index (χ2v) is 6.08. The number of hydrogen-bond donors (Lipinski definition) is 1. The van der Waals surface area contributed by atoms with Crippen molar-refractivity contribution >= 4 is 11.5 Å². The summed E-state index contributed by atoms with van der Waals surface area (Å²) in [4.78, 5) is 8.72. The van der Waals surface area contributed by atoms with Crippen molar-refractivity contribution in [1.29, 1.82) is 5.26 Å². The van der Waals surface area contributed by atoms with Gasteiger partial charge in [-0.25, -0.2) is 14.6 Å². The van der Waals surface area contributed by atoms with Gasteiger partial charge >= 0.3 is 0 Å². The number of nitriles is 1. The predicted molar refractivity (Wildman–Crippen MR) is 87.3 cm³/mol. The third kappa shape index (κ3) is 2.48. The van der Waals surface area contributed by atoms with Crippen LogP contribution < -0.4 is 5.32 Å². The first-order chi connectivity index (χ1) is 11.4. The molecule has 0 radical (unpaired) electrons. The van der Waals surface area contributed by atoms with Crippen LogP contribution in [0.3, 0.4) is 0 Å². The minimum Gasteiger partial charge on any atom is -0.369 e. The van der Waals surface area contributed by atoms with Crippen molar-refractivity contribution in [3.8, 4) is 17.3 Å². The second kappa shape index (κ2) is 5.84. The average molecular weight is 306 g/mol. The number of allylic oxidation sites excluding steroid dienone is 2. The maximum Gasteiger partial charge on any atom is 0.133 e. The van der Waals surface area contributed by atoms with Crippen LogP contribution in [-0.2, 0) is 6.42 Å². The number of anilines is 1. The summed E-state index contributed by atoms with van der Waals surface area (Å²) in [6.45, 7) is 0.900. The number of fused-ring (bicyclic) bond motifs is 1. The van der Waals surface area contributed by atoms with Gasteiger partial charge in [0.25, 0.3) is 0 Å². The Balaban J connectivity index is 1.70. The van der Waals surface area contributed by atoms with Gasteiger partial charge < -0.3 is 5.32 Å². The van der Waals surface area contributed by atoms with Crippen LogP contribution in [0.25, 0.3) is 17.0 Å². The first-order valence-corrected chi connectivity index (χ1v) is 8.09. The highest BCUT2D eigenvalue weighted by Gasteiger charge is 2.23. The lowest BCUT2D eigenvalue weighted by atomic mass is 10.0. The van der Waals surface area contributed by atoms with E-state index in [-0.39, 0.29) is 0 Å². The van der Waals surface area contributed by atoms with E-state index in [1.54, 1.807) is 12.4 Å². The Hall–Kier alpha value is -2.68. The number of aromatic nitrogens is 4. The van der Waals surface area contributed by atoms with Gasteiger partial charge in [-0.05, 0) is 19.3 Å². The maximum absolute atomic E-state index is 9.11. The Bertz CT molecular complexity index is 792. The van der Waals surface area contributed by atoms with Gasteiger partial charge in [-0.2, -0.15) is 10.4 Å². The average Bonchev–Trinajstić information content (AvgIpc) is 3.32. The fourth-order valence-electron chi connectivity index (χ4n) is 3.60. The summed E-state index contributed by atoms with van der Waals surface area (Å²) >= 11 is 0. The molecule has 4 rings (SSSR count). The molecule has 3 heterocycles. The molecule has 0 bridgehead atoms. The van der Waals surface area contributed by atoms with E-state index in [2.05, 4.69) is 26.5 Å². The van der Waals surface area contributed by atoms with Crippen molar-refractivity contribution in [3.05, 3.63) is 30.4 Å². The molecule has 0 spiro atoms. The Kier molecular flexibility index (Phi) is 3.54. The van der Waals surface area contributed by atoms with Crippen LogP contribution >= 0.6 is 0 Å². The van der Waals surface area contributed by atoms with Crippen LogP contribution in [0.5, 0.6) is 0 Å². The fraction of sp³-hybridized carbons (Fsp3) is 0.412. The number of rotatable bonds is 3. The van der Waals surface area contributed by atoms with Gasteiger partial charge in [0.2, 0.25) is 0 Å². The zero-order chi connectivity index (χ0) is 15.6. The molecule has 2 aromatic heterocycles. The molecule has 1 aliphatic carbocycles. The van der Waals surface area contributed by atoms with E-state index in [9.17, 15) is 0 Å². The molecular weight excluding hydrogens is 288 g/mol. The standard InChI is InChI=1S/C17H18N6/c18-7-5-15(12-3-1-2-4-12)23-10-13(9-22-23)16-14-6-8-19-17(14)21-11-20-16/h5,9-12H,1-4,6,8H2,(H,19,20,21)/b15-5-. The Morgan fingerprint density at radius 1 is 1.35 bits per heavy atom. The van der Waals surface area contributed by atoms with E-state index >= 15 is 0 Å². The summed E-state index contributed by atoms with van der Waals surface area (Å²) < 4.78 is 1.85. The molecular formula is C17H18N6. The lowest BCUT2D eigenvalue weighted by Crippen LogP contribution is -2.06. The van der Waals surface area contributed by atoms with Crippen LogP contribution in [0.2, 0.25) is 0 Å². The molecule has 0 unspecified atom stereocenters. The summed E-state index contributed by atoms with van der Waals surface area (Å²) in [5.41, 5.74) is 4.07. The summed E-state index contributed by atoms with van der Waals surface area (Å²) in [5, 5.41) is 16.9. The molecule has 6 heteroatoms. The highest BCUT2D eigenvalue weighted by molar-refractivity contribution is 5.70. The van der Waals surface area contributed by atoms with E-state index < -0.39 is 0 Å². The zero-order valence-corrected chi connectivity index (χ0v) is 12.9. The molecule has 6 nitrogen and oxygen atoms in total. The number of hydrogen-bond acceptors (Lipinski definition) is 5. The third-order valence-corrected chi connectivity index (χ3v) is 4.72. The SMILES string of the molecule is N#C/C=C(/C1CCCC1)n1cc(-c2ncnc3c2CCN3)cn1. The molecule has 116 valence electrons. The van der Waals surface area contributed by atoms with Gasteiger partial charge in [0.15, 0.2) is 0 Å². The molecule has 2 aliphatic rings. The van der Waals surface area contributed by atoms with Crippen molar-refractivity contribution in [2.45, 2.75) is 32.1 Å². The summed E-state index contributed by atoms with van der Waals surface area (Å²) in [6, 6.07) is 2.18. The van der Waals surface area contributed by atoms with Gasteiger partial charge in [-0.1, -0.05) is 12.8 Å². The van der Waals surface area contributed by atoms with Crippen molar-refractivity contribution in [2.75, 3.05) is 11.9 Å². The molecule has 0 atom stereocenters. The van der Waals surface area contributed by atoms with Gasteiger partial charge in [-0.3, -0.25) is 0 Å². The van der Waals surface area contributed by atoms with Crippen molar-refractivity contribution in [3.63, 3.8) is 0 Å². The molecule has 1 fully saturated rings. The maximum atomic E-state index is 9.11. The van der Waals surface area contributed by atoms with Gasteiger partial charge in [0, 0.05) is 35.9 Å². The largest absolute Gasteiger partial charge is 0.369 e. The van der Waals surface area contributed by atoms with Crippen LogP contribution in [0.4, 0.5) is 5.82 Å². The Morgan fingerprint density at radius 2 is 2.22 bits per heavy atom. The molecule has 0 aromatic carbocycles. The minimum absolute atomic E-state index is 0.431. The van der Waals surface area contributed by atoms with Crippen LogP contribution in [-0.4, -0.2) is 26.3 Å². The molecule has 1 N–H and O–H groups in total. The highest BCUT2D eigenvalue weighted by Crippen LogP contribution is 2.35. The quantitative estimate of drug-likeness (QED) is 0.882. The molecule has 1 aliphatic heterocycles. The van der Waals surface area contributed by atoms with Gasteiger partial charge in [0.05, 0.1) is 23.7 Å². The summed E-state index contributed by atoms with van der Waals surface area (Å²) in [7, 11) is 0. The normalized spacial score (nSPS) is 17.8. The smallest absolute Gasteiger partial charge is 0.133 e. The molecule has 0 amide bonds. The lowest BCUT2D eigenvalue weighted by molar-refractivity contribution is 0.649. The lowest BCUT2D eigenvalue weighted by Gasteiger charge is -2.13. The van der Waals surface area contributed by atoms with Gasteiger partial charge in [-0.15, -0.1) is 0 Å². The summed E-state index contributed by atoms with van der Waals surface area (Å²) in [5.74, 6) is 1.35. The first-order valence-electron chi connectivity index (χ1n) is 8.09. The van der Waals surface area contributed by atoms with E-state index in [4.69, 9.17) is 5.26 Å². The van der Waals surface area contributed by atoms with E-state index in [1.165, 1.54) is 12.8 Å². The second-order valence-electron chi connectivity index (χ2n) is 6.08. The number of nitrogens with one attached hydrogen (secondary N) is 1. The Morgan fingerprint density at radius 3 is 3.04 bits per heavy atom. The van der Waals surface area contributed by atoms with Crippen molar-refractivity contribution in [2.24, 2.45) is 5.92 Å². The zero-order valence-electron chi connectivity index (χ0n) is 12.9. The monoisotopic (exact) mass is 306 g/mol. The third-order valence-electron chi connectivity index (χ3n) is 4.72. The predicted octanol–water partition coefficient (Wildman–Crippen LogP) is 2.86. The molecule has 23 heavy (non-hydrogen) atoms. The number of nitrogens with zero attached hydrogens (tertiary/aromatic N) is 5. The van der Waals surface area contributed by atoms with Crippen molar-refractivity contribution < 1.29 is 0 Å². The first kappa shape index (κ1) is 13.9. The topological polar surface area (TPSA) is 79.4 Å². The fourth-order valence-corrected chi connectivity index (χ4v) is 3.60. The molecule has 0 saturated heterocycles. The van der Waals surface area contributed by atoms with Crippen LogP contribution in [0, 0.1) is 17.2 Å². The highest BCUT2D eigenvalue weighted by atomic mass is 15.3. The van der Waals surface area contributed by atoms with Crippen molar-refractivity contribution in [1.82, 2.24) is 19.7 Å². The molecule has 1 saturated carbocycles. The van der Waals surface area contributed by atoms with Crippen LogP contribution in [0.15, 0.2) is 24.8 Å². The van der Waals surface area contributed by atoms with E-state index in [0.29, 0.717) is 5.92 Å². The summed E-state index contributed by atoms with van der Waals surface area (Å²) in [6.07, 6.45) is 12.7. The minimum atomic E-state index is 0.431. The van der Waals surface area contributed by atoms with E-state index in [0.717, 1.165) is 54.1 Å². The van der Waals surface area contributed by atoms with E-state index in [1.807, 2.05) is 17.1 Å². The van der Waals surface area contributed by atoms with Crippen LogP contribution in [0.1, 0.15) is 31.2 Å².